The van der Waals surface area contributed by atoms with Crippen LogP contribution in [0.4, 0.5) is 10.5 Å². The van der Waals surface area contributed by atoms with Gasteiger partial charge in [0.25, 0.3) is 5.69 Å². The Morgan fingerprint density at radius 1 is 1.19 bits per heavy atom. The summed E-state index contributed by atoms with van der Waals surface area (Å²) in [5.41, 5.74) is 0.592. The van der Waals surface area contributed by atoms with Crippen LogP contribution in [-0.2, 0) is 15.9 Å². The smallest absolute Gasteiger partial charge is 1.00 e. The molecule has 134 valence electrons. The van der Waals surface area contributed by atoms with E-state index in [1.165, 1.54) is 12.1 Å². The van der Waals surface area contributed by atoms with Gasteiger partial charge in [-0.05, 0) is 17.7 Å². The predicted octanol–water partition coefficient (Wildman–Crippen LogP) is 0.159. The molecule has 1 amide bonds. The van der Waals surface area contributed by atoms with Gasteiger partial charge in [0, 0.05) is 12.1 Å². The summed E-state index contributed by atoms with van der Waals surface area (Å²) in [6.07, 6.45) is -1.54. The monoisotopic (exact) mass is 390 g/mol. The maximum Gasteiger partial charge on any atom is 1.00 e. The van der Waals surface area contributed by atoms with Crippen molar-refractivity contribution in [2.24, 2.45) is 0 Å². The standard InChI is InChI=1S/C15H15N2O7P.Na.H/c18-15(23-10-12-4-2-1-3-5-12)16-11-25(21,22)24-14-8-6-13(7-9-14)17(19)20;;/h1-9H,10-11H2,(H,16,18)(H,21,22);;/q;+1;-1. The van der Waals surface area contributed by atoms with Crippen molar-refractivity contribution in [3.05, 3.63) is 70.3 Å². The summed E-state index contributed by atoms with van der Waals surface area (Å²) in [5.74, 6) is -0.0316. The van der Waals surface area contributed by atoms with E-state index in [2.05, 4.69) is 5.32 Å². The fourth-order valence-corrected chi connectivity index (χ4v) is 2.61. The first-order valence-corrected chi connectivity index (χ1v) is 8.82. The molecule has 2 rings (SSSR count). The summed E-state index contributed by atoms with van der Waals surface area (Å²) in [7, 11) is -4.18. The van der Waals surface area contributed by atoms with Crippen LogP contribution >= 0.6 is 7.60 Å². The molecule has 0 bridgehead atoms. The number of hydrogen-bond donors (Lipinski definition) is 2. The zero-order valence-electron chi connectivity index (χ0n) is 14.9. The van der Waals surface area contributed by atoms with Crippen LogP contribution in [0.15, 0.2) is 54.6 Å². The van der Waals surface area contributed by atoms with Crippen molar-refractivity contribution in [2.75, 3.05) is 6.29 Å². The Morgan fingerprint density at radius 3 is 2.38 bits per heavy atom. The Kier molecular flexibility index (Phi) is 8.77. The normalized spacial score (nSPS) is 12.2. The fourth-order valence-electron chi connectivity index (χ4n) is 1.76. The van der Waals surface area contributed by atoms with Crippen molar-refractivity contribution in [3.8, 4) is 5.75 Å². The van der Waals surface area contributed by atoms with Crippen LogP contribution in [-0.4, -0.2) is 22.2 Å². The second-order valence-corrected chi connectivity index (χ2v) is 6.65. The molecular weight excluding hydrogens is 374 g/mol. The third kappa shape index (κ3) is 7.55. The minimum atomic E-state index is -4.18. The molecule has 0 radical (unpaired) electrons. The molecule has 0 saturated carbocycles. The number of non-ortho nitro benzene ring substituents is 1. The Hall–Kier alpha value is -1.90. The van der Waals surface area contributed by atoms with E-state index in [9.17, 15) is 24.4 Å². The molecule has 0 aromatic heterocycles. The zero-order valence-corrected chi connectivity index (χ0v) is 16.8. The van der Waals surface area contributed by atoms with Gasteiger partial charge in [-0.2, -0.15) is 0 Å². The number of amides is 1. The molecule has 26 heavy (non-hydrogen) atoms. The maximum atomic E-state index is 11.9. The average Bonchev–Trinajstić information content (AvgIpc) is 2.59. The largest absolute Gasteiger partial charge is 1.00 e. The van der Waals surface area contributed by atoms with E-state index in [1.807, 2.05) is 6.07 Å². The number of hydrogen-bond acceptors (Lipinski definition) is 6. The minimum Gasteiger partial charge on any atom is -1.00 e. The van der Waals surface area contributed by atoms with E-state index in [0.717, 1.165) is 17.7 Å². The number of carbonyl (C=O) groups excluding carboxylic acids is 1. The number of nitrogens with one attached hydrogen (secondary N) is 1. The van der Waals surface area contributed by atoms with Crippen LogP contribution < -0.4 is 39.4 Å². The predicted molar refractivity (Wildman–Crippen MR) is 89.3 cm³/mol. The molecule has 0 aliphatic carbocycles. The number of nitrogens with zero attached hydrogens (tertiary/aromatic N) is 1. The van der Waals surface area contributed by atoms with Crippen LogP contribution in [0.1, 0.15) is 6.99 Å². The molecule has 0 aliphatic rings. The summed E-state index contributed by atoms with van der Waals surface area (Å²) in [6.45, 7) is 0.0195. The molecular formula is C15H16N2NaO7P. The number of carbonyl (C=O) groups is 1. The van der Waals surface area contributed by atoms with Crippen molar-refractivity contribution < 1.29 is 59.4 Å². The van der Waals surface area contributed by atoms with Crippen molar-refractivity contribution in [2.45, 2.75) is 6.61 Å². The molecule has 1 atom stereocenters. The van der Waals surface area contributed by atoms with Gasteiger partial charge < -0.3 is 20.9 Å². The number of nitro benzene ring substituents is 1. The minimum absolute atomic E-state index is 0. The third-order valence-electron chi connectivity index (χ3n) is 2.93. The summed E-state index contributed by atoms with van der Waals surface area (Å²) in [6, 6.07) is 13.6. The Bertz CT molecular complexity index is 793. The zero-order chi connectivity index (χ0) is 18.3. The summed E-state index contributed by atoms with van der Waals surface area (Å²) >= 11 is 0. The van der Waals surface area contributed by atoms with Gasteiger partial charge in [0.15, 0.2) is 0 Å². The average molecular weight is 390 g/mol. The molecule has 11 heteroatoms. The molecule has 2 aromatic carbocycles. The first-order valence-electron chi connectivity index (χ1n) is 7.06. The summed E-state index contributed by atoms with van der Waals surface area (Å²) in [4.78, 5) is 31.2. The van der Waals surface area contributed by atoms with Gasteiger partial charge in [-0.1, -0.05) is 30.3 Å². The number of benzene rings is 2. The van der Waals surface area contributed by atoms with Crippen LogP contribution in [0.2, 0.25) is 0 Å². The number of ether oxygens (including phenoxy) is 1. The number of rotatable bonds is 7. The van der Waals surface area contributed by atoms with E-state index >= 15 is 0 Å². The van der Waals surface area contributed by atoms with Crippen molar-refractivity contribution >= 4 is 19.4 Å². The van der Waals surface area contributed by atoms with E-state index in [1.54, 1.807) is 24.3 Å². The van der Waals surface area contributed by atoms with Gasteiger partial charge >= 0.3 is 43.2 Å². The van der Waals surface area contributed by atoms with Crippen molar-refractivity contribution in [3.63, 3.8) is 0 Å². The van der Waals surface area contributed by atoms with Crippen molar-refractivity contribution in [1.82, 2.24) is 5.32 Å². The van der Waals surface area contributed by atoms with Gasteiger partial charge in [-0.25, -0.2) is 9.36 Å². The van der Waals surface area contributed by atoms with E-state index in [0.29, 0.717) is 0 Å². The molecule has 9 nitrogen and oxygen atoms in total. The molecule has 0 spiro atoms. The first-order chi connectivity index (χ1) is 11.9. The number of alkyl carbamates (subject to hydrolysis) is 1. The first kappa shape index (κ1) is 22.1. The molecule has 0 heterocycles. The molecule has 0 fully saturated rings. The van der Waals surface area contributed by atoms with Crippen molar-refractivity contribution in [1.29, 1.82) is 0 Å². The second kappa shape index (κ2) is 10.3. The molecule has 0 saturated heterocycles. The Labute approximate surface area is 172 Å². The molecule has 2 aromatic rings. The summed E-state index contributed by atoms with van der Waals surface area (Å²) in [5, 5.41) is 12.7. The topological polar surface area (TPSA) is 128 Å². The number of nitro groups is 1. The Balaban J connectivity index is 0.00000338. The van der Waals surface area contributed by atoms with Crippen LogP contribution in [0.3, 0.4) is 0 Å². The SMILES string of the molecule is O=C(NCP(=O)(O)Oc1ccc([N+](=O)[O-])cc1)OCc1ccccc1.[H-].[Na+]. The molecule has 1 unspecified atom stereocenters. The van der Waals surface area contributed by atoms with E-state index in [4.69, 9.17) is 9.26 Å². The van der Waals surface area contributed by atoms with E-state index in [-0.39, 0.29) is 49.0 Å². The van der Waals surface area contributed by atoms with Crippen LogP contribution in [0, 0.1) is 10.1 Å². The van der Waals surface area contributed by atoms with Crippen LogP contribution in [0.25, 0.3) is 0 Å². The second-order valence-electron chi connectivity index (χ2n) is 4.88. The molecule has 0 aliphatic heterocycles. The van der Waals surface area contributed by atoms with Gasteiger partial charge in [0.1, 0.15) is 18.6 Å². The Morgan fingerprint density at radius 2 is 1.81 bits per heavy atom. The van der Waals surface area contributed by atoms with Gasteiger partial charge in [0.05, 0.1) is 4.92 Å². The van der Waals surface area contributed by atoms with Crippen LogP contribution in [0.5, 0.6) is 5.75 Å². The van der Waals surface area contributed by atoms with Gasteiger partial charge in [0.2, 0.25) is 0 Å². The summed E-state index contributed by atoms with van der Waals surface area (Å²) < 4.78 is 21.7. The van der Waals surface area contributed by atoms with Gasteiger partial charge in [-0.3, -0.25) is 10.1 Å². The maximum absolute atomic E-state index is 11.9. The third-order valence-corrected chi connectivity index (χ3v) is 3.99. The fraction of sp³-hybridized carbons (Fsp3) is 0.133. The van der Waals surface area contributed by atoms with E-state index < -0.39 is 24.9 Å². The molecule has 2 N–H and O–H groups in total. The quantitative estimate of drug-likeness (QED) is 0.298. The van der Waals surface area contributed by atoms with Gasteiger partial charge in [-0.15, -0.1) is 0 Å².